The van der Waals surface area contributed by atoms with E-state index in [1.54, 1.807) is 6.07 Å². The first kappa shape index (κ1) is 12.6. The van der Waals surface area contributed by atoms with Crippen molar-refractivity contribution < 1.29 is 14.3 Å². The summed E-state index contributed by atoms with van der Waals surface area (Å²) in [6, 6.07) is 7.36. The van der Waals surface area contributed by atoms with Crippen LogP contribution in [0.3, 0.4) is 0 Å². The first-order valence-electron chi connectivity index (χ1n) is 5.64. The van der Waals surface area contributed by atoms with Gasteiger partial charge in [-0.15, -0.1) is 0 Å². The van der Waals surface area contributed by atoms with Crippen LogP contribution in [0.1, 0.15) is 31.7 Å². The van der Waals surface area contributed by atoms with Crippen molar-refractivity contribution in [1.29, 1.82) is 0 Å². The zero-order valence-corrected chi connectivity index (χ0v) is 9.86. The first-order valence-corrected chi connectivity index (χ1v) is 5.64. The van der Waals surface area contributed by atoms with Gasteiger partial charge in [0.2, 0.25) is 0 Å². The molecule has 0 radical (unpaired) electrons. The lowest BCUT2D eigenvalue weighted by Crippen LogP contribution is -2.12. The molecule has 0 amide bonds. The molecule has 0 unspecified atom stereocenters. The first-order chi connectivity index (χ1) is 7.74. The summed E-state index contributed by atoms with van der Waals surface area (Å²) < 4.78 is 10.0. The van der Waals surface area contributed by atoms with E-state index < -0.39 is 6.16 Å². The van der Waals surface area contributed by atoms with Crippen LogP contribution in [0.2, 0.25) is 0 Å². The van der Waals surface area contributed by atoms with E-state index in [1.807, 2.05) is 25.1 Å². The highest BCUT2D eigenvalue weighted by Gasteiger charge is 2.06. The van der Waals surface area contributed by atoms with E-state index in [1.165, 1.54) is 0 Å². The fraction of sp³-hybridized carbons (Fsp3) is 0.462. The molecule has 0 aliphatic rings. The Kier molecular flexibility index (Phi) is 5.40. The third-order valence-corrected chi connectivity index (χ3v) is 2.25. The number of unbranched alkanes of at least 4 members (excludes halogenated alkanes) is 2. The average Bonchev–Trinajstić information content (AvgIpc) is 2.28. The monoisotopic (exact) mass is 222 g/mol. The van der Waals surface area contributed by atoms with Gasteiger partial charge in [-0.1, -0.05) is 38.0 Å². The SMILES string of the molecule is CCCCCOC(=O)Oc1ccccc1C. The second-order valence-electron chi connectivity index (χ2n) is 3.67. The highest BCUT2D eigenvalue weighted by molar-refractivity contribution is 5.64. The van der Waals surface area contributed by atoms with Crippen LogP contribution < -0.4 is 4.74 Å². The summed E-state index contributed by atoms with van der Waals surface area (Å²) >= 11 is 0. The van der Waals surface area contributed by atoms with Crippen LogP contribution in [-0.2, 0) is 4.74 Å². The fourth-order valence-electron chi connectivity index (χ4n) is 1.30. The van der Waals surface area contributed by atoms with Gasteiger partial charge in [0.05, 0.1) is 6.61 Å². The third-order valence-electron chi connectivity index (χ3n) is 2.25. The number of benzene rings is 1. The molecule has 0 aromatic heterocycles. The molecule has 0 bridgehead atoms. The predicted molar refractivity (Wildman–Crippen MR) is 62.7 cm³/mol. The van der Waals surface area contributed by atoms with Crippen LogP contribution in [0.5, 0.6) is 5.75 Å². The van der Waals surface area contributed by atoms with Gasteiger partial charge in [-0.25, -0.2) is 4.79 Å². The lowest BCUT2D eigenvalue weighted by molar-refractivity contribution is 0.0972. The molecule has 0 aliphatic carbocycles. The Hall–Kier alpha value is -1.51. The average molecular weight is 222 g/mol. The van der Waals surface area contributed by atoms with E-state index in [2.05, 4.69) is 6.92 Å². The van der Waals surface area contributed by atoms with Crippen LogP contribution in [0, 0.1) is 6.92 Å². The lowest BCUT2D eigenvalue weighted by atomic mass is 10.2. The van der Waals surface area contributed by atoms with Gasteiger partial charge in [0.25, 0.3) is 0 Å². The number of rotatable bonds is 5. The second-order valence-corrected chi connectivity index (χ2v) is 3.67. The zero-order chi connectivity index (χ0) is 11.8. The molecular formula is C13H18O3. The molecule has 0 spiro atoms. The number of aryl methyl sites for hydroxylation is 1. The van der Waals surface area contributed by atoms with Crippen LogP contribution in [0.4, 0.5) is 4.79 Å². The van der Waals surface area contributed by atoms with Crippen LogP contribution >= 0.6 is 0 Å². The van der Waals surface area contributed by atoms with Gasteiger partial charge in [-0.05, 0) is 25.0 Å². The molecule has 0 atom stereocenters. The number of hydrogen-bond acceptors (Lipinski definition) is 3. The molecule has 3 nitrogen and oxygen atoms in total. The fourth-order valence-corrected chi connectivity index (χ4v) is 1.30. The lowest BCUT2D eigenvalue weighted by Gasteiger charge is -2.07. The molecule has 0 fully saturated rings. The number of ether oxygens (including phenoxy) is 2. The van der Waals surface area contributed by atoms with Gasteiger partial charge in [0, 0.05) is 0 Å². The molecule has 0 aliphatic heterocycles. The topological polar surface area (TPSA) is 35.5 Å². The van der Waals surface area contributed by atoms with E-state index >= 15 is 0 Å². The molecule has 0 heterocycles. The van der Waals surface area contributed by atoms with Gasteiger partial charge in [-0.3, -0.25) is 0 Å². The Bertz CT molecular complexity index is 334. The van der Waals surface area contributed by atoms with E-state index in [0.717, 1.165) is 24.8 Å². The maximum atomic E-state index is 11.3. The molecular weight excluding hydrogens is 204 g/mol. The Morgan fingerprint density at radius 2 is 2.00 bits per heavy atom. The number of carbonyl (C=O) groups is 1. The molecule has 1 aromatic rings. The Labute approximate surface area is 96.4 Å². The maximum absolute atomic E-state index is 11.3. The van der Waals surface area contributed by atoms with Crippen molar-refractivity contribution in [2.75, 3.05) is 6.61 Å². The highest BCUT2D eigenvalue weighted by atomic mass is 16.7. The number of carbonyl (C=O) groups excluding carboxylic acids is 1. The Morgan fingerprint density at radius 3 is 2.69 bits per heavy atom. The molecule has 88 valence electrons. The molecule has 3 heteroatoms. The number of para-hydroxylation sites is 1. The molecule has 1 rings (SSSR count). The van der Waals surface area contributed by atoms with E-state index in [0.29, 0.717) is 12.4 Å². The summed E-state index contributed by atoms with van der Waals surface area (Å²) in [6.07, 6.45) is 2.44. The summed E-state index contributed by atoms with van der Waals surface area (Å²) in [6.45, 7) is 4.42. The number of hydrogen-bond donors (Lipinski definition) is 0. The minimum absolute atomic E-state index is 0.429. The molecule has 0 N–H and O–H groups in total. The normalized spacial score (nSPS) is 9.88. The van der Waals surface area contributed by atoms with E-state index in [9.17, 15) is 4.79 Å². The summed E-state index contributed by atoms with van der Waals surface area (Å²) in [7, 11) is 0. The van der Waals surface area contributed by atoms with Gasteiger partial charge < -0.3 is 9.47 Å². The van der Waals surface area contributed by atoms with Gasteiger partial charge >= 0.3 is 6.16 Å². The van der Waals surface area contributed by atoms with Crippen molar-refractivity contribution in [3.8, 4) is 5.75 Å². The summed E-state index contributed by atoms with van der Waals surface area (Å²) in [5, 5.41) is 0. The molecule has 0 saturated carbocycles. The largest absolute Gasteiger partial charge is 0.513 e. The third kappa shape index (κ3) is 4.34. The van der Waals surface area contributed by atoms with Crippen LogP contribution in [-0.4, -0.2) is 12.8 Å². The summed E-state index contributed by atoms with van der Waals surface area (Å²) in [5.41, 5.74) is 0.924. The quantitative estimate of drug-likeness (QED) is 0.433. The van der Waals surface area contributed by atoms with Crippen LogP contribution in [0.25, 0.3) is 0 Å². The Balaban J connectivity index is 2.32. The van der Waals surface area contributed by atoms with Crippen molar-refractivity contribution in [3.63, 3.8) is 0 Å². The van der Waals surface area contributed by atoms with E-state index in [-0.39, 0.29) is 0 Å². The highest BCUT2D eigenvalue weighted by Crippen LogP contribution is 2.16. The van der Waals surface area contributed by atoms with Crippen molar-refractivity contribution in [3.05, 3.63) is 29.8 Å². The molecule has 16 heavy (non-hydrogen) atoms. The smallest absolute Gasteiger partial charge is 0.434 e. The Morgan fingerprint density at radius 1 is 1.25 bits per heavy atom. The minimum atomic E-state index is -0.620. The summed E-state index contributed by atoms with van der Waals surface area (Å²) in [5.74, 6) is 0.558. The second kappa shape index (κ2) is 6.88. The standard InChI is InChI=1S/C13H18O3/c1-3-4-7-10-15-13(14)16-12-9-6-5-8-11(12)2/h5-6,8-9H,3-4,7,10H2,1-2H3. The zero-order valence-electron chi connectivity index (χ0n) is 9.86. The van der Waals surface area contributed by atoms with Gasteiger partial charge in [-0.2, -0.15) is 0 Å². The van der Waals surface area contributed by atoms with Crippen molar-refractivity contribution in [2.45, 2.75) is 33.1 Å². The van der Waals surface area contributed by atoms with Gasteiger partial charge in [0.1, 0.15) is 5.75 Å². The maximum Gasteiger partial charge on any atom is 0.513 e. The predicted octanol–water partition coefficient (Wildman–Crippen LogP) is 3.70. The van der Waals surface area contributed by atoms with E-state index in [4.69, 9.17) is 9.47 Å². The molecule has 1 aromatic carbocycles. The molecule has 0 saturated heterocycles. The van der Waals surface area contributed by atoms with Crippen molar-refractivity contribution in [1.82, 2.24) is 0 Å². The van der Waals surface area contributed by atoms with Crippen molar-refractivity contribution in [2.24, 2.45) is 0 Å². The van der Waals surface area contributed by atoms with Crippen LogP contribution in [0.15, 0.2) is 24.3 Å². The van der Waals surface area contributed by atoms with Gasteiger partial charge in [0.15, 0.2) is 0 Å². The minimum Gasteiger partial charge on any atom is -0.434 e. The van der Waals surface area contributed by atoms with Crippen molar-refractivity contribution >= 4 is 6.16 Å². The summed E-state index contributed by atoms with van der Waals surface area (Å²) in [4.78, 5) is 11.3.